The van der Waals surface area contributed by atoms with Crippen molar-refractivity contribution >= 4 is 45.7 Å². The third-order valence-corrected chi connectivity index (χ3v) is 4.54. The summed E-state index contributed by atoms with van der Waals surface area (Å²) in [4.78, 5) is 0. The zero-order valence-electron chi connectivity index (χ0n) is 11.4. The second-order valence-corrected chi connectivity index (χ2v) is 6.12. The van der Waals surface area contributed by atoms with Gasteiger partial charge in [-0.2, -0.15) is 13.9 Å². The van der Waals surface area contributed by atoms with Crippen molar-refractivity contribution in [3.8, 4) is 5.75 Å². The standard InChI is InChI=1S/C15H9Cl2F2N2OS/c16-12-6-3-10(7-13(12)17)21-8-23-14(20-21)9-1-4-11(5-2-9)22-15(18)19/h1-8,15H. The van der Waals surface area contributed by atoms with E-state index in [0.717, 1.165) is 16.3 Å². The summed E-state index contributed by atoms with van der Waals surface area (Å²) in [5.41, 5.74) is 1.58. The van der Waals surface area contributed by atoms with Crippen molar-refractivity contribution in [3.63, 3.8) is 0 Å². The van der Waals surface area contributed by atoms with E-state index in [2.05, 4.69) is 9.84 Å². The van der Waals surface area contributed by atoms with Gasteiger partial charge < -0.3 is 4.74 Å². The molecule has 0 unspecified atom stereocenters. The molecule has 1 heterocycles. The Hall–Kier alpha value is -1.50. The highest BCUT2D eigenvalue weighted by atomic mass is 35.5. The van der Waals surface area contributed by atoms with Crippen LogP contribution in [0.5, 0.6) is 5.75 Å². The van der Waals surface area contributed by atoms with Gasteiger partial charge in [0.25, 0.3) is 0 Å². The number of ether oxygens (including phenoxy) is 1. The van der Waals surface area contributed by atoms with Gasteiger partial charge in [-0.1, -0.05) is 35.0 Å². The van der Waals surface area contributed by atoms with Crippen molar-refractivity contribution in [2.24, 2.45) is 5.10 Å². The molecule has 23 heavy (non-hydrogen) atoms. The van der Waals surface area contributed by atoms with Gasteiger partial charge in [-0.05, 0) is 42.5 Å². The summed E-state index contributed by atoms with van der Waals surface area (Å²) in [5, 5.41) is 7.78. The molecule has 0 bridgehead atoms. The van der Waals surface area contributed by atoms with Crippen molar-refractivity contribution in [3.05, 3.63) is 64.0 Å². The minimum atomic E-state index is -2.84. The summed E-state index contributed by atoms with van der Waals surface area (Å²) < 4.78 is 28.6. The first-order valence-electron chi connectivity index (χ1n) is 6.41. The van der Waals surface area contributed by atoms with Crippen LogP contribution in [0.4, 0.5) is 14.5 Å². The van der Waals surface area contributed by atoms with Gasteiger partial charge in [0, 0.05) is 5.56 Å². The number of hydrogen-bond acceptors (Lipinski definition) is 4. The van der Waals surface area contributed by atoms with Crippen molar-refractivity contribution < 1.29 is 13.5 Å². The van der Waals surface area contributed by atoms with Crippen LogP contribution in [0.15, 0.2) is 47.6 Å². The van der Waals surface area contributed by atoms with Crippen LogP contribution in [0.25, 0.3) is 0 Å². The molecule has 0 amide bonds. The number of hydrogen-bond donors (Lipinski definition) is 0. The molecule has 1 aliphatic heterocycles. The van der Waals surface area contributed by atoms with E-state index in [0.29, 0.717) is 10.0 Å². The Morgan fingerprint density at radius 2 is 1.78 bits per heavy atom. The quantitative estimate of drug-likeness (QED) is 0.694. The second kappa shape index (κ2) is 6.95. The fourth-order valence-corrected chi connectivity index (χ4v) is 2.96. The summed E-state index contributed by atoms with van der Waals surface area (Å²) in [7, 11) is 0. The highest BCUT2D eigenvalue weighted by molar-refractivity contribution is 8.16. The lowest BCUT2D eigenvalue weighted by Crippen LogP contribution is -2.06. The van der Waals surface area contributed by atoms with Crippen molar-refractivity contribution in [2.75, 3.05) is 5.01 Å². The maximum absolute atomic E-state index is 12.1. The average molecular weight is 374 g/mol. The van der Waals surface area contributed by atoms with E-state index >= 15 is 0 Å². The normalized spacial score (nSPS) is 14.3. The Bertz CT molecular complexity index is 741. The van der Waals surface area contributed by atoms with E-state index in [9.17, 15) is 8.78 Å². The fraction of sp³-hybridized carbons (Fsp3) is 0.0667. The minimum Gasteiger partial charge on any atom is -0.435 e. The molecule has 0 atom stereocenters. The Morgan fingerprint density at radius 3 is 2.43 bits per heavy atom. The van der Waals surface area contributed by atoms with E-state index in [1.165, 1.54) is 23.9 Å². The summed E-state index contributed by atoms with van der Waals surface area (Å²) in [5.74, 6) is 1.93. The molecule has 0 aromatic heterocycles. The topological polar surface area (TPSA) is 24.8 Å². The molecule has 1 aliphatic rings. The number of hydrazone groups is 1. The zero-order valence-corrected chi connectivity index (χ0v) is 13.7. The average Bonchev–Trinajstić information content (AvgIpc) is 3.00. The van der Waals surface area contributed by atoms with Crippen molar-refractivity contribution in [1.29, 1.82) is 0 Å². The largest absolute Gasteiger partial charge is 0.435 e. The fourth-order valence-electron chi connectivity index (χ4n) is 1.90. The Balaban J connectivity index is 1.77. The first kappa shape index (κ1) is 16.4. The summed E-state index contributed by atoms with van der Waals surface area (Å²) in [6, 6.07) is 11.5. The van der Waals surface area contributed by atoms with Gasteiger partial charge in [-0.25, -0.2) is 5.01 Å². The van der Waals surface area contributed by atoms with Crippen LogP contribution in [0.2, 0.25) is 10.0 Å². The van der Waals surface area contributed by atoms with Gasteiger partial charge in [0.1, 0.15) is 16.7 Å². The lowest BCUT2D eigenvalue weighted by atomic mass is 10.2. The highest BCUT2D eigenvalue weighted by Gasteiger charge is 2.19. The number of nitrogens with zero attached hydrogens (tertiary/aromatic N) is 2. The Labute approximate surface area is 145 Å². The van der Waals surface area contributed by atoms with Crippen LogP contribution < -0.4 is 9.75 Å². The molecule has 119 valence electrons. The van der Waals surface area contributed by atoms with Gasteiger partial charge >= 0.3 is 6.61 Å². The maximum Gasteiger partial charge on any atom is 0.387 e. The van der Waals surface area contributed by atoms with Crippen LogP contribution >= 0.6 is 35.0 Å². The van der Waals surface area contributed by atoms with Crippen molar-refractivity contribution in [2.45, 2.75) is 6.61 Å². The zero-order chi connectivity index (χ0) is 16.4. The Kier molecular flexibility index (Phi) is 4.94. The van der Waals surface area contributed by atoms with E-state index in [1.807, 2.05) is 5.88 Å². The minimum absolute atomic E-state index is 0.109. The molecule has 0 aliphatic carbocycles. The summed E-state index contributed by atoms with van der Waals surface area (Å²) in [6.45, 7) is -2.84. The van der Waals surface area contributed by atoms with E-state index in [-0.39, 0.29) is 5.75 Å². The first-order chi connectivity index (χ1) is 11.0. The van der Waals surface area contributed by atoms with Crippen LogP contribution in [0.3, 0.4) is 0 Å². The monoisotopic (exact) mass is 373 g/mol. The lowest BCUT2D eigenvalue weighted by Gasteiger charge is -2.12. The molecule has 2 aromatic carbocycles. The molecule has 0 N–H and O–H groups in total. The molecule has 0 fully saturated rings. The van der Waals surface area contributed by atoms with E-state index in [1.54, 1.807) is 35.3 Å². The van der Waals surface area contributed by atoms with Crippen LogP contribution in [0.1, 0.15) is 5.56 Å². The number of halogens is 4. The summed E-state index contributed by atoms with van der Waals surface area (Å²) >= 11 is 13.3. The molecule has 3 nitrogen and oxygen atoms in total. The van der Waals surface area contributed by atoms with Crippen LogP contribution in [-0.4, -0.2) is 11.7 Å². The molecule has 0 saturated heterocycles. The van der Waals surface area contributed by atoms with E-state index < -0.39 is 6.61 Å². The van der Waals surface area contributed by atoms with Gasteiger partial charge in [-0.3, -0.25) is 0 Å². The smallest absolute Gasteiger partial charge is 0.387 e. The molecule has 8 heteroatoms. The first-order valence-corrected chi connectivity index (χ1v) is 8.04. The molecule has 0 spiro atoms. The van der Waals surface area contributed by atoms with Crippen LogP contribution in [0, 0.1) is 5.88 Å². The maximum atomic E-state index is 12.1. The lowest BCUT2D eigenvalue weighted by molar-refractivity contribution is -0.0498. The van der Waals surface area contributed by atoms with Gasteiger partial charge in [0.2, 0.25) is 0 Å². The van der Waals surface area contributed by atoms with Gasteiger partial charge in [-0.15, -0.1) is 0 Å². The molecule has 3 rings (SSSR count). The molecule has 1 radical (unpaired) electrons. The SMILES string of the molecule is FC(F)Oc1ccc(C2=NN(c3ccc(Cl)c(Cl)c3)[CH]S2)cc1. The van der Waals surface area contributed by atoms with Crippen LogP contribution in [-0.2, 0) is 0 Å². The molecular weight excluding hydrogens is 365 g/mol. The highest BCUT2D eigenvalue weighted by Crippen LogP contribution is 2.34. The Morgan fingerprint density at radius 1 is 1.04 bits per heavy atom. The third kappa shape index (κ3) is 3.88. The summed E-state index contributed by atoms with van der Waals surface area (Å²) in [6.07, 6.45) is 0. The molecule has 0 saturated carbocycles. The number of thioether (sulfide) groups is 1. The van der Waals surface area contributed by atoms with E-state index in [4.69, 9.17) is 23.2 Å². The molecular formula is C15H9Cl2F2N2OS. The number of benzene rings is 2. The number of anilines is 1. The van der Waals surface area contributed by atoms with Gasteiger partial charge in [0.05, 0.1) is 15.7 Å². The third-order valence-electron chi connectivity index (χ3n) is 2.96. The van der Waals surface area contributed by atoms with Gasteiger partial charge in [0.15, 0.2) is 0 Å². The number of rotatable bonds is 4. The predicted octanol–water partition coefficient (Wildman–Crippen LogP) is 5.63. The second-order valence-electron chi connectivity index (χ2n) is 4.47. The number of alkyl halides is 2. The van der Waals surface area contributed by atoms with Crippen molar-refractivity contribution in [1.82, 2.24) is 0 Å². The molecule has 2 aromatic rings. The predicted molar refractivity (Wildman–Crippen MR) is 90.4 cm³/mol.